The number of nitrogens with one attached hydrogen (secondary N) is 2. The van der Waals surface area contributed by atoms with Gasteiger partial charge in [-0.25, -0.2) is 9.52 Å². The van der Waals surface area contributed by atoms with Crippen molar-refractivity contribution in [2.24, 2.45) is 0 Å². The summed E-state index contributed by atoms with van der Waals surface area (Å²) < 4.78 is 32.7. The summed E-state index contributed by atoms with van der Waals surface area (Å²) in [7, 11) is -3.96. The van der Waals surface area contributed by atoms with E-state index in [0.717, 1.165) is 24.0 Å². The minimum Gasteiger partial charge on any atom is -0.449 e. The van der Waals surface area contributed by atoms with Gasteiger partial charge in [0.15, 0.2) is 0 Å². The third-order valence-corrected chi connectivity index (χ3v) is 4.30. The van der Waals surface area contributed by atoms with E-state index in [-0.39, 0.29) is 12.6 Å². The van der Waals surface area contributed by atoms with Gasteiger partial charge in [-0.05, 0) is 49.4 Å². The monoisotopic (exact) mass is 313 g/mol. The predicted octanol–water partition coefficient (Wildman–Crippen LogP) is 1.23. The van der Waals surface area contributed by atoms with E-state index in [1.807, 2.05) is 16.9 Å². The van der Waals surface area contributed by atoms with Gasteiger partial charge in [-0.3, -0.25) is 0 Å². The molecule has 21 heavy (non-hydrogen) atoms. The zero-order chi connectivity index (χ0) is 15.5. The van der Waals surface area contributed by atoms with Crippen molar-refractivity contribution in [2.75, 3.05) is 12.3 Å². The summed E-state index contributed by atoms with van der Waals surface area (Å²) in [4.78, 5) is 11.2. The van der Waals surface area contributed by atoms with E-state index in [9.17, 15) is 13.2 Å². The molecule has 8 heteroatoms. The topological polar surface area (TPSA) is 111 Å². The maximum Gasteiger partial charge on any atom is 0.421 e. The molecule has 1 aliphatic carbocycles. The van der Waals surface area contributed by atoms with Crippen LogP contribution in [0.25, 0.3) is 0 Å². The summed E-state index contributed by atoms with van der Waals surface area (Å²) in [6.07, 6.45) is 1.39. The molecule has 4 N–H and O–H groups in total. The first-order valence-electron chi connectivity index (χ1n) is 6.76. The van der Waals surface area contributed by atoms with Crippen LogP contribution in [0.15, 0.2) is 18.2 Å². The van der Waals surface area contributed by atoms with Crippen LogP contribution in [0.2, 0.25) is 0 Å². The highest BCUT2D eigenvalue weighted by Crippen LogP contribution is 2.31. The first-order valence-corrected chi connectivity index (χ1v) is 8.24. The molecule has 1 unspecified atom stereocenters. The van der Waals surface area contributed by atoms with E-state index in [2.05, 4.69) is 9.46 Å². The molecule has 0 saturated carbocycles. The Balaban J connectivity index is 2.12. The van der Waals surface area contributed by atoms with Crippen LogP contribution in [0.5, 0.6) is 0 Å². The van der Waals surface area contributed by atoms with Crippen molar-refractivity contribution in [1.82, 2.24) is 9.44 Å². The molecule has 0 radical (unpaired) electrons. The van der Waals surface area contributed by atoms with Gasteiger partial charge in [0.25, 0.3) is 0 Å². The van der Waals surface area contributed by atoms with Crippen molar-refractivity contribution in [1.29, 1.82) is 0 Å². The number of hydrogen-bond donors (Lipinski definition) is 3. The van der Waals surface area contributed by atoms with Gasteiger partial charge in [-0.1, -0.05) is 6.07 Å². The van der Waals surface area contributed by atoms with Crippen molar-refractivity contribution in [3.8, 4) is 0 Å². The van der Waals surface area contributed by atoms with Crippen molar-refractivity contribution in [3.63, 3.8) is 0 Å². The van der Waals surface area contributed by atoms with Gasteiger partial charge < -0.3 is 10.5 Å². The Morgan fingerprint density at radius 3 is 2.95 bits per heavy atom. The maximum atomic E-state index is 11.9. The average molecular weight is 313 g/mol. The van der Waals surface area contributed by atoms with Crippen LogP contribution in [0.4, 0.5) is 10.5 Å². The van der Waals surface area contributed by atoms with Gasteiger partial charge >= 0.3 is 16.3 Å². The van der Waals surface area contributed by atoms with E-state index in [1.165, 1.54) is 0 Å². The molecule has 1 aliphatic rings. The van der Waals surface area contributed by atoms with E-state index in [1.54, 1.807) is 13.0 Å². The number of carbonyl (C=O) groups is 1. The number of amides is 1. The number of anilines is 1. The molecule has 7 nitrogen and oxygen atoms in total. The maximum absolute atomic E-state index is 11.9. The van der Waals surface area contributed by atoms with Crippen molar-refractivity contribution >= 4 is 22.0 Å². The van der Waals surface area contributed by atoms with Crippen LogP contribution >= 0.6 is 0 Å². The molecule has 0 saturated heterocycles. The van der Waals surface area contributed by atoms with Gasteiger partial charge in [0, 0.05) is 11.7 Å². The Morgan fingerprint density at radius 2 is 2.24 bits per heavy atom. The molecule has 0 spiro atoms. The minimum atomic E-state index is -3.96. The fraction of sp³-hybridized carbons (Fsp3) is 0.462. The minimum absolute atomic E-state index is 0.104. The number of rotatable bonds is 4. The standard InChI is InChI=1S/C13H19N3O4S/c1-2-20-13(17)16-21(18,19)15-12-5-3-4-9-8-10(14)6-7-11(9)12/h6-8,12,15H,2-5,14H2,1H3,(H,16,17). The van der Waals surface area contributed by atoms with Gasteiger partial charge in [0.2, 0.25) is 0 Å². The lowest BCUT2D eigenvalue weighted by molar-refractivity contribution is 0.158. The van der Waals surface area contributed by atoms with Crippen LogP contribution in [0, 0.1) is 0 Å². The molecule has 2 rings (SSSR count). The molecular formula is C13H19N3O4S. The number of carbonyl (C=O) groups excluding carboxylic acids is 1. The van der Waals surface area contributed by atoms with Gasteiger partial charge in [0.1, 0.15) is 0 Å². The zero-order valence-corrected chi connectivity index (χ0v) is 12.6. The Morgan fingerprint density at radius 1 is 1.48 bits per heavy atom. The van der Waals surface area contributed by atoms with Crippen LogP contribution in [-0.4, -0.2) is 21.1 Å². The highest BCUT2D eigenvalue weighted by Gasteiger charge is 2.26. The largest absolute Gasteiger partial charge is 0.449 e. The van der Waals surface area contributed by atoms with Crippen LogP contribution < -0.4 is 15.2 Å². The lowest BCUT2D eigenvalue weighted by Gasteiger charge is -2.26. The Hall–Kier alpha value is -1.80. The third kappa shape index (κ3) is 4.08. The molecule has 0 aliphatic heterocycles. The molecule has 0 bridgehead atoms. The van der Waals surface area contributed by atoms with E-state index >= 15 is 0 Å². The number of nitrogen functional groups attached to an aromatic ring is 1. The number of benzene rings is 1. The molecule has 0 aromatic heterocycles. The Labute approximate surface area is 124 Å². The van der Waals surface area contributed by atoms with Crippen LogP contribution in [-0.2, 0) is 21.4 Å². The molecule has 1 aromatic rings. The van der Waals surface area contributed by atoms with Gasteiger partial charge in [0.05, 0.1) is 6.61 Å². The van der Waals surface area contributed by atoms with Crippen molar-refractivity contribution in [3.05, 3.63) is 29.3 Å². The number of nitrogens with two attached hydrogens (primary N) is 1. The third-order valence-electron chi connectivity index (χ3n) is 3.27. The van der Waals surface area contributed by atoms with Gasteiger partial charge in [-0.2, -0.15) is 13.1 Å². The van der Waals surface area contributed by atoms with E-state index in [4.69, 9.17) is 5.73 Å². The summed E-state index contributed by atoms with van der Waals surface area (Å²) in [6, 6.07) is 5.04. The summed E-state index contributed by atoms with van der Waals surface area (Å²) in [5.74, 6) is 0. The second-order valence-corrected chi connectivity index (χ2v) is 6.29. The molecule has 1 atom stereocenters. The number of hydrogen-bond acceptors (Lipinski definition) is 5. The zero-order valence-electron chi connectivity index (χ0n) is 11.8. The van der Waals surface area contributed by atoms with E-state index in [0.29, 0.717) is 12.1 Å². The van der Waals surface area contributed by atoms with Crippen molar-refractivity contribution in [2.45, 2.75) is 32.2 Å². The number of aryl methyl sites for hydroxylation is 1. The SMILES string of the molecule is CCOC(=O)NS(=O)(=O)NC1CCCc2cc(N)ccc21. The summed E-state index contributed by atoms with van der Waals surface area (Å²) in [5.41, 5.74) is 8.32. The molecular weight excluding hydrogens is 294 g/mol. The lowest BCUT2D eigenvalue weighted by atomic mass is 9.88. The fourth-order valence-electron chi connectivity index (χ4n) is 2.44. The molecule has 116 valence electrons. The van der Waals surface area contributed by atoms with Crippen LogP contribution in [0.3, 0.4) is 0 Å². The lowest BCUT2D eigenvalue weighted by Crippen LogP contribution is -2.42. The van der Waals surface area contributed by atoms with Crippen molar-refractivity contribution < 1.29 is 17.9 Å². The molecule has 1 aromatic carbocycles. The number of ether oxygens (including phenoxy) is 1. The summed E-state index contributed by atoms with van der Waals surface area (Å²) in [6.45, 7) is 1.70. The first kappa shape index (κ1) is 15.6. The fourth-order valence-corrected chi connectivity index (χ4v) is 3.40. The molecule has 0 heterocycles. The number of fused-ring (bicyclic) bond motifs is 1. The summed E-state index contributed by atoms with van der Waals surface area (Å²) >= 11 is 0. The highest BCUT2D eigenvalue weighted by molar-refractivity contribution is 7.88. The highest BCUT2D eigenvalue weighted by atomic mass is 32.2. The molecule has 0 fully saturated rings. The predicted molar refractivity (Wildman–Crippen MR) is 78.7 cm³/mol. The second-order valence-electron chi connectivity index (χ2n) is 4.85. The smallest absolute Gasteiger partial charge is 0.421 e. The quantitative estimate of drug-likeness (QED) is 0.724. The average Bonchev–Trinajstić information content (AvgIpc) is 2.37. The normalized spacial score (nSPS) is 17.9. The van der Waals surface area contributed by atoms with E-state index < -0.39 is 16.3 Å². The Kier molecular flexibility index (Phi) is 4.69. The summed E-state index contributed by atoms with van der Waals surface area (Å²) in [5, 5.41) is 0. The first-order chi connectivity index (χ1) is 9.91. The Bertz CT molecular complexity index is 630. The molecule has 1 amide bonds. The van der Waals surface area contributed by atoms with Crippen LogP contribution in [0.1, 0.15) is 36.9 Å². The van der Waals surface area contributed by atoms with Gasteiger partial charge in [-0.15, -0.1) is 0 Å². The second kappa shape index (κ2) is 6.31.